The minimum atomic E-state index is 1.00. The number of pyridine rings is 1. The van der Waals surface area contributed by atoms with Gasteiger partial charge in [0.2, 0.25) is 0 Å². The van der Waals surface area contributed by atoms with E-state index in [4.69, 9.17) is 4.98 Å². The van der Waals surface area contributed by atoms with Crippen LogP contribution < -0.4 is 0 Å². The van der Waals surface area contributed by atoms with Gasteiger partial charge in [0.25, 0.3) is 0 Å². The summed E-state index contributed by atoms with van der Waals surface area (Å²) < 4.78 is 0. The lowest BCUT2D eigenvalue weighted by atomic mass is 9.91. The molecule has 6 rings (SSSR count). The van der Waals surface area contributed by atoms with E-state index < -0.39 is 0 Å². The summed E-state index contributed by atoms with van der Waals surface area (Å²) in [4.78, 5) is 5.41. The molecule has 0 bridgehead atoms. The molecule has 0 fully saturated rings. The number of hydrogen-bond acceptors (Lipinski definition) is 1. The molecule has 0 spiro atoms. The number of nitrogens with zero attached hydrogens (tertiary/aromatic N) is 1. The lowest BCUT2D eigenvalue weighted by molar-refractivity contribution is 1.39. The van der Waals surface area contributed by atoms with Gasteiger partial charge in [-0.05, 0) is 35.2 Å². The predicted molar refractivity (Wildman–Crippen MR) is 148 cm³/mol. The summed E-state index contributed by atoms with van der Waals surface area (Å²) in [6, 6.07) is 47.2. The Bertz CT molecular complexity index is 1600. The first-order valence-electron chi connectivity index (χ1n) is 12.0. The van der Waals surface area contributed by atoms with E-state index in [-0.39, 0.29) is 0 Å². The van der Waals surface area contributed by atoms with Crippen molar-refractivity contribution in [3.63, 3.8) is 0 Å². The van der Waals surface area contributed by atoms with Gasteiger partial charge >= 0.3 is 0 Å². The Balaban J connectivity index is 1.72. The highest BCUT2D eigenvalue weighted by molar-refractivity contribution is 6.06. The average Bonchev–Trinajstić information content (AvgIpc) is 2.94. The number of fused-ring (bicyclic) bond motifs is 1. The minimum absolute atomic E-state index is 1.00. The van der Waals surface area contributed by atoms with Crippen molar-refractivity contribution in [2.24, 2.45) is 0 Å². The molecule has 1 heterocycles. The summed E-state index contributed by atoms with van der Waals surface area (Å²) in [7, 11) is 0. The van der Waals surface area contributed by atoms with Gasteiger partial charge in [0, 0.05) is 22.1 Å². The molecule has 6 aromatic rings. The third-order valence-corrected chi connectivity index (χ3v) is 6.56. The van der Waals surface area contributed by atoms with Gasteiger partial charge in [0.1, 0.15) is 0 Å². The molecule has 0 aliphatic carbocycles. The predicted octanol–water partition coefficient (Wildman–Crippen LogP) is 9.21. The van der Waals surface area contributed by atoms with Crippen molar-refractivity contribution in [2.45, 2.75) is 6.92 Å². The van der Waals surface area contributed by atoms with Crippen LogP contribution in [-0.4, -0.2) is 4.98 Å². The van der Waals surface area contributed by atoms with Crippen molar-refractivity contribution < 1.29 is 0 Å². The molecule has 1 heteroatoms. The second kappa shape index (κ2) is 9.04. The maximum Gasteiger partial charge on any atom is 0.0794 e. The van der Waals surface area contributed by atoms with Crippen LogP contribution in [0.25, 0.3) is 55.5 Å². The highest BCUT2D eigenvalue weighted by Gasteiger charge is 2.17. The monoisotopic (exact) mass is 447 g/mol. The van der Waals surface area contributed by atoms with E-state index in [2.05, 4.69) is 140 Å². The second-order valence-electron chi connectivity index (χ2n) is 8.91. The summed E-state index contributed by atoms with van der Waals surface area (Å²) in [6.45, 7) is 2.12. The largest absolute Gasteiger partial charge is 0.246 e. The van der Waals surface area contributed by atoms with E-state index in [0.29, 0.717) is 0 Å². The van der Waals surface area contributed by atoms with Gasteiger partial charge in [-0.25, -0.2) is 4.98 Å². The van der Waals surface area contributed by atoms with Crippen LogP contribution in [0.1, 0.15) is 5.56 Å². The van der Waals surface area contributed by atoms with Crippen LogP contribution in [0.5, 0.6) is 0 Å². The fraction of sp³-hybridized carbons (Fsp3) is 0.0294. The molecule has 0 saturated heterocycles. The van der Waals surface area contributed by atoms with E-state index in [9.17, 15) is 0 Å². The first-order chi connectivity index (χ1) is 17.3. The topological polar surface area (TPSA) is 12.9 Å². The Morgan fingerprint density at radius 2 is 0.914 bits per heavy atom. The molecule has 0 aliphatic heterocycles. The molecule has 166 valence electrons. The first kappa shape index (κ1) is 21.1. The number of hydrogen-bond donors (Lipinski definition) is 0. The SMILES string of the molecule is Cc1ccc(-c2ccc(-c3ccccc3)c3cc(-c4ccccc4)c(-c4ccccc4)nc23)cc1. The van der Waals surface area contributed by atoms with Crippen LogP contribution in [0.4, 0.5) is 0 Å². The molecular formula is C34H25N. The van der Waals surface area contributed by atoms with E-state index in [1.807, 2.05) is 0 Å². The molecule has 0 aliphatic rings. The fourth-order valence-electron chi connectivity index (χ4n) is 4.75. The van der Waals surface area contributed by atoms with Gasteiger partial charge in [0.15, 0.2) is 0 Å². The van der Waals surface area contributed by atoms with Crippen molar-refractivity contribution in [2.75, 3.05) is 0 Å². The van der Waals surface area contributed by atoms with Gasteiger partial charge in [0.05, 0.1) is 11.2 Å². The molecule has 0 amide bonds. The van der Waals surface area contributed by atoms with Crippen molar-refractivity contribution in [1.29, 1.82) is 0 Å². The average molecular weight is 448 g/mol. The van der Waals surface area contributed by atoms with Crippen LogP contribution in [0.3, 0.4) is 0 Å². The van der Waals surface area contributed by atoms with Crippen molar-refractivity contribution >= 4 is 10.9 Å². The molecule has 1 aromatic heterocycles. The number of aromatic nitrogens is 1. The van der Waals surface area contributed by atoms with Gasteiger partial charge in [-0.2, -0.15) is 0 Å². The summed E-state index contributed by atoms with van der Waals surface area (Å²) >= 11 is 0. The lowest BCUT2D eigenvalue weighted by Gasteiger charge is -2.17. The molecule has 1 nitrogen and oxygen atoms in total. The number of aryl methyl sites for hydroxylation is 1. The Morgan fingerprint density at radius 3 is 1.51 bits per heavy atom. The lowest BCUT2D eigenvalue weighted by Crippen LogP contribution is -1.95. The van der Waals surface area contributed by atoms with E-state index in [1.54, 1.807) is 0 Å². The quantitative estimate of drug-likeness (QED) is 0.262. The van der Waals surface area contributed by atoms with Crippen molar-refractivity contribution in [3.8, 4) is 44.6 Å². The third-order valence-electron chi connectivity index (χ3n) is 6.56. The minimum Gasteiger partial charge on any atom is -0.246 e. The normalized spacial score (nSPS) is 11.0. The zero-order valence-electron chi connectivity index (χ0n) is 19.6. The summed E-state index contributed by atoms with van der Waals surface area (Å²) in [6.07, 6.45) is 0. The molecule has 0 unspecified atom stereocenters. The van der Waals surface area contributed by atoms with Crippen LogP contribution in [0, 0.1) is 6.92 Å². The maximum absolute atomic E-state index is 5.41. The maximum atomic E-state index is 5.41. The number of benzene rings is 5. The van der Waals surface area contributed by atoms with E-state index in [1.165, 1.54) is 27.8 Å². The van der Waals surface area contributed by atoms with Crippen LogP contribution in [0.2, 0.25) is 0 Å². The molecule has 0 saturated carbocycles. The molecule has 0 atom stereocenters. The van der Waals surface area contributed by atoms with Gasteiger partial charge in [-0.15, -0.1) is 0 Å². The third kappa shape index (κ3) is 4.02. The molecule has 0 N–H and O–H groups in total. The Hall–Kier alpha value is -4.49. The summed E-state index contributed by atoms with van der Waals surface area (Å²) in [5.41, 5.74) is 11.4. The molecular weight excluding hydrogens is 422 g/mol. The zero-order chi connectivity index (χ0) is 23.6. The van der Waals surface area contributed by atoms with Gasteiger partial charge in [-0.3, -0.25) is 0 Å². The molecule has 5 aromatic carbocycles. The van der Waals surface area contributed by atoms with Crippen LogP contribution in [0.15, 0.2) is 133 Å². The van der Waals surface area contributed by atoms with Gasteiger partial charge < -0.3 is 0 Å². The van der Waals surface area contributed by atoms with Crippen LogP contribution in [-0.2, 0) is 0 Å². The Labute approximate surface area is 206 Å². The van der Waals surface area contributed by atoms with E-state index in [0.717, 1.165) is 33.3 Å². The standard InChI is InChI=1S/C34H25N/c1-24-17-19-27(20-18-24)30-22-21-29(25-11-5-2-6-12-25)32-23-31(26-13-7-3-8-14-26)33(35-34(30)32)28-15-9-4-10-16-28/h2-23H,1H3. The first-order valence-corrected chi connectivity index (χ1v) is 12.0. The smallest absolute Gasteiger partial charge is 0.0794 e. The Morgan fingerprint density at radius 1 is 0.429 bits per heavy atom. The Kier molecular flexibility index (Phi) is 5.44. The van der Waals surface area contributed by atoms with Crippen molar-refractivity contribution in [1.82, 2.24) is 4.98 Å². The molecule has 35 heavy (non-hydrogen) atoms. The van der Waals surface area contributed by atoms with Crippen molar-refractivity contribution in [3.05, 3.63) is 139 Å². The summed E-state index contributed by atoms with van der Waals surface area (Å²) in [5, 5.41) is 1.16. The van der Waals surface area contributed by atoms with Crippen LogP contribution >= 0.6 is 0 Å². The van der Waals surface area contributed by atoms with E-state index >= 15 is 0 Å². The highest BCUT2D eigenvalue weighted by atomic mass is 14.7. The fourth-order valence-corrected chi connectivity index (χ4v) is 4.75. The zero-order valence-corrected chi connectivity index (χ0v) is 19.6. The number of rotatable bonds is 4. The second-order valence-corrected chi connectivity index (χ2v) is 8.91. The molecule has 0 radical (unpaired) electrons. The summed E-state index contributed by atoms with van der Waals surface area (Å²) in [5.74, 6) is 0. The highest BCUT2D eigenvalue weighted by Crippen LogP contribution is 2.40. The van der Waals surface area contributed by atoms with Gasteiger partial charge in [-0.1, -0.05) is 133 Å².